The second-order valence-electron chi connectivity index (χ2n) is 3.18. The number of carbonyl (C=O) groups excluding carboxylic acids is 1. The highest BCUT2D eigenvalue weighted by Crippen LogP contribution is 2.29. The van der Waals surface area contributed by atoms with Gasteiger partial charge in [-0.15, -0.1) is 0 Å². The van der Waals surface area contributed by atoms with Crippen LogP contribution in [0, 0.1) is 0 Å². The van der Waals surface area contributed by atoms with Gasteiger partial charge in [-0.2, -0.15) is 0 Å². The standard InChI is InChI=1S/C13H9ClO/c14-13-8-4-3-7-12(13)11-6-2-1-5-10(11)9-15/h1-9H. The summed E-state index contributed by atoms with van der Waals surface area (Å²) in [6, 6.07) is 14.9. The molecule has 74 valence electrons. The van der Waals surface area contributed by atoms with E-state index in [4.69, 9.17) is 11.6 Å². The van der Waals surface area contributed by atoms with Crippen LogP contribution in [-0.4, -0.2) is 6.29 Å². The van der Waals surface area contributed by atoms with Gasteiger partial charge in [0.25, 0.3) is 0 Å². The lowest BCUT2D eigenvalue weighted by atomic mass is 10.0. The van der Waals surface area contributed by atoms with Crippen molar-refractivity contribution in [2.75, 3.05) is 0 Å². The molecule has 0 aliphatic heterocycles. The van der Waals surface area contributed by atoms with Crippen LogP contribution in [-0.2, 0) is 0 Å². The van der Waals surface area contributed by atoms with Crippen LogP contribution in [0.4, 0.5) is 0 Å². The topological polar surface area (TPSA) is 17.1 Å². The highest BCUT2D eigenvalue weighted by molar-refractivity contribution is 6.33. The Morgan fingerprint density at radius 2 is 1.47 bits per heavy atom. The third-order valence-electron chi connectivity index (χ3n) is 2.25. The zero-order valence-electron chi connectivity index (χ0n) is 7.98. The van der Waals surface area contributed by atoms with Crippen molar-refractivity contribution in [3.8, 4) is 11.1 Å². The molecule has 0 amide bonds. The molecule has 2 aromatic carbocycles. The molecule has 0 aliphatic carbocycles. The third-order valence-corrected chi connectivity index (χ3v) is 2.58. The summed E-state index contributed by atoms with van der Waals surface area (Å²) in [5.41, 5.74) is 2.42. The van der Waals surface area contributed by atoms with Gasteiger partial charge in [0.1, 0.15) is 0 Å². The molecule has 1 nitrogen and oxygen atoms in total. The van der Waals surface area contributed by atoms with E-state index in [2.05, 4.69) is 0 Å². The molecule has 0 radical (unpaired) electrons. The quantitative estimate of drug-likeness (QED) is 0.698. The lowest BCUT2D eigenvalue weighted by Crippen LogP contribution is -1.87. The molecular formula is C13H9ClO. The van der Waals surface area contributed by atoms with E-state index in [0.29, 0.717) is 10.6 Å². The molecule has 2 aromatic rings. The second-order valence-corrected chi connectivity index (χ2v) is 3.59. The molecular weight excluding hydrogens is 208 g/mol. The first-order valence-electron chi connectivity index (χ1n) is 4.62. The Balaban J connectivity index is 2.64. The minimum atomic E-state index is 0.658. The molecule has 0 aromatic heterocycles. The Labute approximate surface area is 93.3 Å². The van der Waals surface area contributed by atoms with Gasteiger partial charge in [0.05, 0.1) is 0 Å². The Morgan fingerprint density at radius 3 is 2.13 bits per heavy atom. The van der Waals surface area contributed by atoms with E-state index in [1.54, 1.807) is 6.07 Å². The van der Waals surface area contributed by atoms with E-state index in [9.17, 15) is 4.79 Å². The summed E-state index contributed by atoms with van der Waals surface area (Å²) in [6.07, 6.45) is 0.846. The van der Waals surface area contributed by atoms with E-state index < -0.39 is 0 Å². The van der Waals surface area contributed by atoms with E-state index in [-0.39, 0.29) is 0 Å². The summed E-state index contributed by atoms with van der Waals surface area (Å²) in [6.45, 7) is 0. The van der Waals surface area contributed by atoms with Crippen LogP contribution in [0.1, 0.15) is 10.4 Å². The predicted molar refractivity (Wildman–Crippen MR) is 62.3 cm³/mol. The zero-order chi connectivity index (χ0) is 10.7. The summed E-state index contributed by atoms with van der Waals surface area (Å²) in [7, 11) is 0. The number of hydrogen-bond acceptors (Lipinski definition) is 1. The van der Waals surface area contributed by atoms with Gasteiger partial charge in [-0.25, -0.2) is 0 Å². The fraction of sp³-hybridized carbons (Fsp3) is 0. The van der Waals surface area contributed by atoms with Crippen molar-refractivity contribution >= 4 is 17.9 Å². The second kappa shape index (κ2) is 4.28. The monoisotopic (exact) mass is 216 g/mol. The summed E-state index contributed by atoms with van der Waals surface area (Å²) < 4.78 is 0. The average molecular weight is 217 g/mol. The normalized spacial score (nSPS) is 9.93. The fourth-order valence-electron chi connectivity index (χ4n) is 1.52. The maximum Gasteiger partial charge on any atom is 0.150 e. The Morgan fingerprint density at radius 1 is 0.867 bits per heavy atom. The van der Waals surface area contributed by atoms with Crippen LogP contribution in [0.15, 0.2) is 48.5 Å². The van der Waals surface area contributed by atoms with Crippen LogP contribution in [0.25, 0.3) is 11.1 Å². The minimum Gasteiger partial charge on any atom is -0.298 e. The van der Waals surface area contributed by atoms with E-state index >= 15 is 0 Å². The zero-order valence-corrected chi connectivity index (χ0v) is 8.74. The van der Waals surface area contributed by atoms with Crippen molar-refractivity contribution in [2.24, 2.45) is 0 Å². The molecule has 0 bridgehead atoms. The molecule has 0 heterocycles. The van der Waals surface area contributed by atoms with Crippen molar-refractivity contribution in [3.63, 3.8) is 0 Å². The van der Waals surface area contributed by atoms with Gasteiger partial charge in [-0.05, 0) is 11.6 Å². The highest BCUT2D eigenvalue weighted by Gasteiger charge is 2.06. The maximum absolute atomic E-state index is 10.9. The predicted octanol–water partition coefficient (Wildman–Crippen LogP) is 3.82. The van der Waals surface area contributed by atoms with Gasteiger partial charge in [0.2, 0.25) is 0 Å². The van der Waals surface area contributed by atoms with Crippen molar-refractivity contribution in [2.45, 2.75) is 0 Å². The average Bonchev–Trinajstić information content (AvgIpc) is 2.30. The van der Waals surface area contributed by atoms with Crippen molar-refractivity contribution in [3.05, 3.63) is 59.1 Å². The Kier molecular flexibility index (Phi) is 2.84. The smallest absolute Gasteiger partial charge is 0.150 e. The summed E-state index contributed by atoms with van der Waals surface area (Å²) in [5, 5.41) is 0.659. The van der Waals surface area contributed by atoms with Crippen molar-refractivity contribution in [1.29, 1.82) is 0 Å². The number of hydrogen-bond donors (Lipinski definition) is 0. The number of carbonyl (C=O) groups is 1. The minimum absolute atomic E-state index is 0.658. The molecule has 0 aliphatic rings. The SMILES string of the molecule is O=Cc1ccccc1-c1ccccc1Cl. The molecule has 0 spiro atoms. The van der Waals surface area contributed by atoms with Gasteiger partial charge >= 0.3 is 0 Å². The molecule has 0 fully saturated rings. The Hall–Kier alpha value is -1.60. The van der Waals surface area contributed by atoms with Gasteiger partial charge in [0.15, 0.2) is 6.29 Å². The number of aldehydes is 1. The van der Waals surface area contributed by atoms with Crippen LogP contribution in [0.2, 0.25) is 5.02 Å². The molecule has 0 saturated heterocycles. The van der Waals surface area contributed by atoms with Crippen LogP contribution < -0.4 is 0 Å². The summed E-state index contributed by atoms with van der Waals surface area (Å²) in [5.74, 6) is 0. The molecule has 2 heteroatoms. The van der Waals surface area contributed by atoms with Crippen molar-refractivity contribution < 1.29 is 4.79 Å². The molecule has 0 atom stereocenters. The van der Waals surface area contributed by atoms with Crippen LogP contribution >= 0.6 is 11.6 Å². The van der Waals surface area contributed by atoms with Crippen LogP contribution in [0.5, 0.6) is 0 Å². The summed E-state index contributed by atoms with van der Waals surface area (Å²) >= 11 is 6.07. The lowest BCUT2D eigenvalue weighted by molar-refractivity contribution is 0.112. The lowest BCUT2D eigenvalue weighted by Gasteiger charge is -2.06. The van der Waals surface area contributed by atoms with Gasteiger partial charge in [0, 0.05) is 16.1 Å². The first-order chi connectivity index (χ1) is 7.33. The largest absolute Gasteiger partial charge is 0.298 e. The van der Waals surface area contributed by atoms with Gasteiger partial charge < -0.3 is 0 Å². The third kappa shape index (κ3) is 1.92. The Bertz CT molecular complexity index is 491. The summed E-state index contributed by atoms with van der Waals surface area (Å²) in [4.78, 5) is 10.9. The molecule has 0 N–H and O–H groups in total. The van der Waals surface area contributed by atoms with Crippen LogP contribution in [0.3, 0.4) is 0 Å². The number of rotatable bonds is 2. The highest BCUT2D eigenvalue weighted by atomic mass is 35.5. The number of benzene rings is 2. The van der Waals surface area contributed by atoms with Gasteiger partial charge in [-0.3, -0.25) is 4.79 Å². The fourth-order valence-corrected chi connectivity index (χ4v) is 1.76. The molecule has 15 heavy (non-hydrogen) atoms. The van der Waals surface area contributed by atoms with E-state index in [1.165, 1.54) is 0 Å². The molecule has 2 rings (SSSR count). The van der Waals surface area contributed by atoms with E-state index in [0.717, 1.165) is 17.4 Å². The number of halogens is 1. The first kappa shape index (κ1) is 9.94. The molecule has 0 saturated carbocycles. The maximum atomic E-state index is 10.9. The van der Waals surface area contributed by atoms with Gasteiger partial charge in [-0.1, -0.05) is 54.1 Å². The first-order valence-corrected chi connectivity index (χ1v) is 5.00. The molecule has 0 unspecified atom stereocenters. The van der Waals surface area contributed by atoms with E-state index in [1.807, 2.05) is 42.5 Å². The van der Waals surface area contributed by atoms with Crippen molar-refractivity contribution in [1.82, 2.24) is 0 Å².